The number of aromatic nitrogens is 3. The van der Waals surface area contributed by atoms with Crippen LogP contribution in [0.4, 0.5) is 0 Å². The van der Waals surface area contributed by atoms with Crippen LogP contribution in [0.25, 0.3) is 22.7 Å². The van der Waals surface area contributed by atoms with Gasteiger partial charge in [-0.05, 0) is 40.2 Å². The van der Waals surface area contributed by atoms with Crippen molar-refractivity contribution in [1.82, 2.24) is 15.0 Å². The summed E-state index contributed by atoms with van der Waals surface area (Å²) in [5.41, 5.74) is 2.17. The maximum atomic E-state index is 5.59. The predicted octanol–water partition coefficient (Wildman–Crippen LogP) is 3.05. The first-order valence-electron chi connectivity index (χ1n) is 4.66. The van der Waals surface area contributed by atoms with Gasteiger partial charge in [-0.2, -0.15) is 4.98 Å². The maximum absolute atomic E-state index is 5.59. The summed E-state index contributed by atoms with van der Waals surface area (Å²) in [5.74, 6) is 0.558. The minimum Gasteiger partial charge on any atom is -0.434 e. The summed E-state index contributed by atoms with van der Waals surface area (Å²) < 4.78 is 6.33. The third kappa shape index (κ3) is 1.59. The van der Waals surface area contributed by atoms with Gasteiger partial charge in [0.05, 0.1) is 0 Å². The lowest BCUT2D eigenvalue weighted by Crippen LogP contribution is -1.79. The van der Waals surface area contributed by atoms with E-state index in [0.29, 0.717) is 17.1 Å². The Morgan fingerprint density at radius 3 is 2.62 bits per heavy atom. The van der Waals surface area contributed by atoms with E-state index >= 15 is 0 Å². The van der Waals surface area contributed by atoms with Gasteiger partial charge in [0.25, 0.3) is 0 Å². The van der Waals surface area contributed by atoms with Crippen LogP contribution < -0.4 is 0 Å². The Morgan fingerprint density at radius 1 is 1.00 bits per heavy atom. The molecule has 0 radical (unpaired) electrons. The van der Waals surface area contributed by atoms with Crippen LogP contribution in [0.2, 0.25) is 0 Å². The second-order valence-corrected chi connectivity index (χ2v) is 4.02. The molecule has 0 unspecified atom stereocenters. The summed E-state index contributed by atoms with van der Waals surface area (Å²) in [7, 11) is 0. The first-order valence-corrected chi connectivity index (χ1v) is 5.46. The predicted molar refractivity (Wildman–Crippen MR) is 62.7 cm³/mol. The molecule has 0 fully saturated rings. The van der Waals surface area contributed by atoms with Gasteiger partial charge in [-0.25, -0.2) is 4.98 Å². The molecule has 0 spiro atoms. The molecule has 3 heterocycles. The van der Waals surface area contributed by atoms with E-state index in [1.807, 2.05) is 24.3 Å². The lowest BCUT2D eigenvalue weighted by atomic mass is 10.3. The monoisotopic (exact) mass is 275 g/mol. The molecule has 0 amide bonds. The molecule has 3 rings (SSSR count). The summed E-state index contributed by atoms with van der Waals surface area (Å²) in [5, 5.41) is 0. The third-order valence-electron chi connectivity index (χ3n) is 2.15. The molecule has 0 atom stereocenters. The molecular formula is C11H6BrN3O. The molecule has 3 aromatic rings. The molecule has 0 N–H and O–H groups in total. The first kappa shape index (κ1) is 9.47. The fraction of sp³-hybridized carbons (Fsp3) is 0. The van der Waals surface area contributed by atoms with E-state index in [9.17, 15) is 0 Å². The fourth-order valence-electron chi connectivity index (χ4n) is 1.41. The molecule has 0 aliphatic carbocycles. The highest BCUT2D eigenvalue weighted by molar-refractivity contribution is 9.10. The SMILES string of the molecule is Brc1ccc2oc(-c3ccncc3)nc2n1. The van der Waals surface area contributed by atoms with Crippen LogP contribution in [0.5, 0.6) is 0 Å². The first-order chi connectivity index (χ1) is 7.83. The molecule has 3 aromatic heterocycles. The van der Waals surface area contributed by atoms with Gasteiger partial charge in [-0.1, -0.05) is 0 Å². The van der Waals surface area contributed by atoms with Crippen LogP contribution in [-0.4, -0.2) is 15.0 Å². The highest BCUT2D eigenvalue weighted by Crippen LogP contribution is 2.23. The Bertz CT molecular complexity index is 636. The lowest BCUT2D eigenvalue weighted by Gasteiger charge is -1.90. The summed E-state index contributed by atoms with van der Waals surface area (Å²) in [6.45, 7) is 0. The second kappa shape index (κ2) is 3.68. The Hall–Kier alpha value is -1.75. The van der Waals surface area contributed by atoms with E-state index in [-0.39, 0.29) is 0 Å². The second-order valence-electron chi connectivity index (χ2n) is 3.21. The van der Waals surface area contributed by atoms with E-state index in [2.05, 4.69) is 30.9 Å². The van der Waals surface area contributed by atoms with Crippen LogP contribution in [0.15, 0.2) is 45.7 Å². The molecule has 0 saturated carbocycles. The van der Waals surface area contributed by atoms with Crippen molar-refractivity contribution in [2.45, 2.75) is 0 Å². The van der Waals surface area contributed by atoms with Crippen molar-refractivity contribution in [2.75, 3.05) is 0 Å². The number of hydrogen-bond donors (Lipinski definition) is 0. The Kier molecular flexibility index (Phi) is 2.18. The van der Waals surface area contributed by atoms with Crippen molar-refractivity contribution in [3.63, 3.8) is 0 Å². The van der Waals surface area contributed by atoms with Gasteiger partial charge in [-0.15, -0.1) is 0 Å². The van der Waals surface area contributed by atoms with Gasteiger partial charge in [-0.3, -0.25) is 4.98 Å². The summed E-state index contributed by atoms with van der Waals surface area (Å²) in [6, 6.07) is 7.35. The van der Waals surface area contributed by atoms with Gasteiger partial charge >= 0.3 is 0 Å². The fourth-order valence-corrected chi connectivity index (χ4v) is 1.71. The quantitative estimate of drug-likeness (QED) is 0.641. The molecular weight excluding hydrogens is 270 g/mol. The Labute approximate surface area is 99.5 Å². The average molecular weight is 276 g/mol. The van der Waals surface area contributed by atoms with E-state index < -0.39 is 0 Å². The zero-order valence-electron chi connectivity index (χ0n) is 8.09. The molecule has 5 heteroatoms. The van der Waals surface area contributed by atoms with Crippen LogP contribution >= 0.6 is 15.9 Å². The van der Waals surface area contributed by atoms with Gasteiger partial charge < -0.3 is 4.42 Å². The van der Waals surface area contributed by atoms with Crippen molar-refractivity contribution >= 4 is 27.2 Å². The number of pyridine rings is 2. The molecule has 78 valence electrons. The highest BCUT2D eigenvalue weighted by atomic mass is 79.9. The molecule has 0 bridgehead atoms. The van der Waals surface area contributed by atoms with Gasteiger partial charge in [0, 0.05) is 18.0 Å². The van der Waals surface area contributed by atoms with Gasteiger partial charge in [0.2, 0.25) is 5.89 Å². The summed E-state index contributed by atoms with van der Waals surface area (Å²) in [4.78, 5) is 12.5. The van der Waals surface area contributed by atoms with Crippen LogP contribution in [0.3, 0.4) is 0 Å². The number of fused-ring (bicyclic) bond motifs is 1. The van der Waals surface area contributed by atoms with Crippen molar-refractivity contribution in [3.8, 4) is 11.5 Å². The molecule has 4 nitrogen and oxygen atoms in total. The minimum atomic E-state index is 0.558. The number of oxazole rings is 1. The van der Waals surface area contributed by atoms with E-state index in [1.165, 1.54) is 0 Å². The molecule has 0 aliphatic heterocycles. The summed E-state index contributed by atoms with van der Waals surface area (Å²) >= 11 is 3.30. The number of rotatable bonds is 1. The smallest absolute Gasteiger partial charge is 0.228 e. The van der Waals surface area contributed by atoms with Gasteiger partial charge in [0.1, 0.15) is 4.60 Å². The van der Waals surface area contributed by atoms with Crippen molar-refractivity contribution < 1.29 is 4.42 Å². The van der Waals surface area contributed by atoms with Crippen LogP contribution in [0, 0.1) is 0 Å². The van der Waals surface area contributed by atoms with Crippen LogP contribution in [-0.2, 0) is 0 Å². The third-order valence-corrected chi connectivity index (χ3v) is 2.59. The highest BCUT2D eigenvalue weighted by Gasteiger charge is 2.08. The normalized spacial score (nSPS) is 10.8. The van der Waals surface area contributed by atoms with Crippen molar-refractivity contribution in [3.05, 3.63) is 41.3 Å². The topological polar surface area (TPSA) is 51.8 Å². The number of halogens is 1. The molecule has 0 aromatic carbocycles. The van der Waals surface area contributed by atoms with E-state index in [4.69, 9.17) is 4.42 Å². The Balaban J connectivity index is 2.19. The largest absolute Gasteiger partial charge is 0.434 e. The van der Waals surface area contributed by atoms with Crippen molar-refractivity contribution in [1.29, 1.82) is 0 Å². The molecule has 16 heavy (non-hydrogen) atoms. The van der Waals surface area contributed by atoms with Gasteiger partial charge in [0.15, 0.2) is 11.2 Å². The van der Waals surface area contributed by atoms with E-state index in [1.54, 1.807) is 12.4 Å². The zero-order chi connectivity index (χ0) is 11.0. The molecule has 0 aliphatic rings. The lowest BCUT2D eigenvalue weighted by molar-refractivity contribution is 0.619. The van der Waals surface area contributed by atoms with Crippen molar-refractivity contribution in [2.24, 2.45) is 0 Å². The number of nitrogens with zero attached hydrogens (tertiary/aromatic N) is 3. The van der Waals surface area contributed by atoms with Crippen LogP contribution in [0.1, 0.15) is 0 Å². The van der Waals surface area contributed by atoms with E-state index in [0.717, 1.165) is 10.2 Å². The maximum Gasteiger partial charge on any atom is 0.228 e. The summed E-state index contributed by atoms with van der Waals surface area (Å²) in [6.07, 6.45) is 3.40. The standard InChI is InChI=1S/C11H6BrN3O/c12-9-2-1-8-10(14-9)15-11(16-8)7-3-5-13-6-4-7/h1-6H. The number of hydrogen-bond acceptors (Lipinski definition) is 4. The average Bonchev–Trinajstić information content (AvgIpc) is 2.73. The molecule has 0 saturated heterocycles. The minimum absolute atomic E-state index is 0.558. The Morgan fingerprint density at radius 2 is 1.81 bits per heavy atom. The zero-order valence-corrected chi connectivity index (χ0v) is 9.68.